The normalized spacial score (nSPS) is 12.7. The molecule has 0 aromatic rings. The predicted molar refractivity (Wildman–Crippen MR) is 36.6 cm³/mol. The Morgan fingerprint density at radius 2 is 2.00 bits per heavy atom. The van der Waals surface area contributed by atoms with Crippen molar-refractivity contribution in [1.82, 2.24) is 0 Å². The second-order valence-corrected chi connectivity index (χ2v) is 2.22. The van der Waals surface area contributed by atoms with E-state index in [1.165, 1.54) is 6.92 Å². The van der Waals surface area contributed by atoms with E-state index in [9.17, 15) is 9.59 Å². The van der Waals surface area contributed by atoms with Gasteiger partial charge in [0.15, 0.2) is 5.78 Å². The molecule has 1 N–H and O–H groups in total. The number of aliphatic hydroxyl groups excluding tert-OH is 1. The summed E-state index contributed by atoms with van der Waals surface area (Å²) in [6.45, 7) is 2.97. The van der Waals surface area contributed by atoms with Crippen LogP contribution in [0.2, 0.25) is 0 Å². The first-order valence-corrected chi connectivity index (χ1v) is 3.28. The van der Waals surface area contributed by atoms with Gasteiger partial charge in [-0.3, -0.25) is 9.59 Å². The van der Waals surface area contributed by atoms with Crippen molar-refractivity contribution in [2.24, 2.45) is 0 Å². The molecule has 1 unspecified atom stereocenters. The number of carbonyl (C=O) groups excluding carboxylic acids is 2. The smallest absolute Gasteiger partial charge is 0.158 e. The van der Waals surface area contributed by atoms with E-state index in [4.69, 9.17) is 5.11 Å². The average molecular weight is 144 g/mol. The molecule has 0 aromatic carbocycles. The first-order chi connectivity index (χ1) is 4.57. The number of aliphatic hydroxyl groups is 1. The maximum absolute atomic E-state index is 10.6. The lowest BCUT2D eigenvalue weighted by molar-refractivity contribution is -0.130. The lowest BCUT2D eigenvalue weighted by Gasteiger charge is -2.02. The maximum atomic E-state index is 10.6. The molecule has 0 aliphatic heterocycles. The summed E-state index contributed by atoms with van der Waals surface area (Å²) in [6, 6.07) is 0. The second-order valence-electron chi connectivity index (χ2n) is 2.22. The molecule has 0 aliphatic carbocycles. The molecule has 58 valence electrons. The topological polar surface area (TPSA) is 54.4 Å². The van der Waals surface area contributed by atoms with Gasteiger partial charge in [-0.2, -0.15) is 0 Å². The van der Waals surface area contributed by atoms with Gasteiger partial charge in [0, 0.05) is 12.8 Å². The average Bonchev–Trinajstić information content (AvgIpc) is 1.87. The fourth-order valence-electron chi connectivity index (χ4n) is 0.504. The summed E-state index contributed by atoms with van der Waals surface area (Å²) < 4.78 is 0. The Morgan fingerprint density at radius 3 is 2.30 bits per heavy atom. The molecule has 0 aliphatic rings. The molecule has 0 aromatic heterocycles. The monoisotopic (exact) mass is 144 g/mol. The summed E-state index contributed by atoms with van der Waals surface area (Å²) in [5.41, 5.74) is 0. The lowest BCUT2D eigenvalue weighted by Crippen LogP contribution is -2.20. The zero-order valence-corrected chi connectivity index (χ0v) is 6.26. The van der Waals surface area contributed by atoms with Crippen molar-refractivity contribution in [2.45, 2.75) is 32.8 Å². The molecule has 0 bridgehead atoms. The van der Waals surface area contributed by atoms with Crippen LogP contribution in [-0.2, 0) is 9.59 Å². The van der Waals surface area contributed by atoms with Crippen LogP contribution in [0.5, 0.6) is 0 Å². The Morgan fingerprint density at radius 1 is 1.50 bits per heavy atom. The van der Waals surface area contributed by atoms with Crippen LogP contribution >= 0.6 is 0 Å². The molecule has 0 rings (SSSR count). The number of hydrogen-bond donors (Lipinski definition) is 1. The fourth-order valence-corrected chi connectivity index (χ4v) is 0.504. The van der Waals surface area contributed by atoms with Crippen molar-refractivity contribution < 1.29 is 14.7 Å². The van der Waals surface area contributed by atoms with Gasteiger partial charge in [0.25, 0.3) is 0 Å². The van der Waals surface area contributed by atoms with E-state index < -0.39 is 6.10 Å². The molecule has 0 amide bonds. The van der Waals surface area contributed by atoms with E-state index in [0.717, 1.165) is 0 Å². The van der Waals surface area contributed by atoms with E-state index in [2.05, 4.69) is 0 Å². The third kappa shape index (κ3) is 3.35. The van der Waals surface area contributed by atoms with Crippen molar-refractivity contribution in [1.29, 1.82) is 0 Å². The van der Waals surface area contributed by atoms with Crippen molar-refractivity contribution in [3.8, 4) is 0 Å². The van der Waals surface area contributed by atoms with Crippen LogP contribution in [0.25, 0.3) is 0 Å². The minimum Gasteiger partial charge on any atom is -0.385 e. The molecule has 0 heterocycles. The molecular weight excluding hydrogens is 132 g/mol. The SMILES string of the molecule is CCC(=O)CC(O)C(C)=O. The molecule has 3 heteroatoms. The molecule has 0 spiro atoms. The van der Waals surface area contributed by atoms with Crippen LogP contribution in [0.15, 0.2) is 0 Å². The molecule has 3 nitrogen and oxygen atoms in total. The van der Waals surface area contributed by atoms with Crippen LogP contribution in [0.3, 0.4) is 0 Å². The highest BCUT2D eigenvalue weighted by Crippen LogP contribution is 1.96. The lowest BCUT2D eigenvalue weighted by atomic mass is 10.1. The van der Waals surface area contributed by atoms with Gasteiger partial charge >= 0.3 is 0 Å². The number of rotatable bonds is 4. The van der Waals surface area contributed by atoms with Crippen LogP contribution in [0.1, 0.15) is 26.7 Å². The summed E-state index contributed by atoms with van der Waals surface area (Å²) in [5.74, 6) is -0.426. The Balaban J connectivity index is 3.68. The van der Waals surface area contributed by atoms with Crippen LogP contribution in [0.4, 0.5) is 0 Å². The summed E-state index contributed by atoms with van der Waals surface area (Å²) in [4.78, 5) is 21.0. The largest absolute Gasteiger partial charge is 0.385 e. The van der Waals surface area contributed by atoms with Gasteiger partial charge in [-0.15, -0.1) is 0 Å². The van der Waals surface area contributed by atoms with E-state index in [0.29, 0.717) is 6.42 Å². The zero-order valence-electron chi connectivity index (χ0n) is 6.26. The first-order valence-electron chi connectivity index (χ1n) is 3.28. The van der Waals surface area contributed by atoms with Gasteiger partial charge < -0.3 is 5.11 Å². The van der Waals surface area contributed by atoms with Gasteiger partial charge in [0.2, 0.25) is 0 Å². The van der Waals surface area contributed by atoms with Crippen molar-refractivity contribution in [3.05, 3.63) is 0 Å². The first kappa shape index (κ1) is 9.30. The fraction of sp³-hybridized carbons (Fsp3) is 0.714. The molecular formula is C7H12O3. The highest BCUT2D eigenvalue weighted by molar-refractivity contribution is 5.87. The van der Waals surface area contributed by atoms with E-state index in [1.54, 1.807) is 6.92 Å². The predicted octanol–water partition coefficient (Wildman–Crippen LogP) is 0.305. The molecule has 0 fully saturated rings. The van der Waals surface area contributed by atoms with Crippen LogP contribution in [-0.4, -0.2) is 22.8 Å². The summed E-state index contributed by atoms with van der Waals surface area (Å²) >= 11 is 0. The standard InChI is InChI=1S/C7H12O3/c1-3-6(9)4-7(10)5(2)8/h7,10H,3-4H2,1-2H3. The maximum Gasteiger partial charge on any atom is 0.158 e. The van der Waals surface area contributed by atoms with Crippen molar-refractivity contribution >= 4 is 11.6 Å². The number of carbonyl (C=O) groups is 2. The summed E-state index contributed by atoms with van der Waals surface area (Å²) in [6.07, 6.45) is -0.747. The number of hydrogen-bond acceptors (Lipinski definition) is 3. The number of ketones is 2. The summed E-state index contributed by atoms with van der Waals surface area (Å²) in [7, 11) is 0. The minimum atomic E-state index is -1.09. The molecule has 10 heavy (non-hydrogen) atoms. The van der Waals surface area contributed by atoms with Crippen LogP contribution in [0, 0.1) is 0 Å². The Kier molecular flexibility index (Phi) is 3.88. The third-order valence-electron chi connectivity index (χ3n) is 1.28. The summed E-state index contributed by atoms with van der Waals surface area (Å²) in [5, 5.41) is 8.86. The van der Waals surface area contributed by atoms with E-state index >= 15 is 0 Å². The molecule has 1 atom stereocenters. The molecule has 0 saturated carbocycles. The molecule has 0 radical (unpaired) electrons. The highest BCUT2D eigenvalue weighted by atomic mass is 16.3. The Bertz CT molecular complexity index is 140. The van der Waals surface area contributed by atoms with Crippen molar-refractivity contribution in [3.63, 3.8) is 0 Å². The van der Waals surface area contributed by atoms with E-state index in [-0.39, 0.29) is 18.0 Å². The van der Waals surface area contributed by atoms with Crippen LogP contribution < -0.4 is 0 Å². The van der Waals surface area contributed by atoms with Gasteiger partial charge in [-0.25, -0.2) is 0 Å². The third-order valence-corrected chi connectivity index (χ3v) is 1.28. The highest BCUT2D eigenvalue weighted by Gasteiger charge is 2.12. The van der Waals surface area contributed by atoms with E-state index in [1.807, 2.05) is 0 Å². The van der Waals surface area contributed by atoms with Gasteiger partial charge in [-0.05, 0) is 6.92 Å². The van der Waals surface area contributed by atoms with Gasteiger partial charge in [-0.1, -0.05) is 6.92 Å². The number of Topliss-reactive ketones (excluding diaryl/α,β-unsaturated/α-hetero) is 2. The Labute approximate surface area is 60.0 Å². The molecule has 0 saturated heterocycles. The quantitative estimate of drug-likeness (QED) is 0.617. The van der Waals surface area contributed by atoms with Gasteiger partial charge in [0.05, 0.1) is 0 Å². The zero-order chi connectivity index (χ0) is 8.15. The second kappa shape index (κ2) is 4.17. The van der Waals surface area contributed by atoms with Gasteiger partial charge in [0.1, 0.15) is 11.9 Å². The Hall–Kier alpha value is -0.700. The minimum absolute atomic E-state index is 0.0359. The van der Waals surface area contributed by atoms with Crippen molar-refractivity contribution in [2.75, 3.05) is 0 Å².